The number of carbonyl (C=O) groups excluding carboxylic acids is 3. The van der Waals surface area contributed by atoms with Gasteiger partial charge in [0, 0.05) is 16.9 Å². The van der Waals surface area contributed by atoms with E-state index in [9.17, 15) is 24.3 Å². The maximum Gasteiger partial charge on any atom is 0.347 e. The lowest BCUT2D eigenvalue weighted by Crippen LogP contribution is -2.71. The molecule has 2 unspecified atom stereocenters. The number of anilines is 4. The Labute approximate surface area is 244 Å². The van der Waals surface area contributed by atoms with Crippen molar-refractivity contribution in [2.75, 3.05) is 34.4 Å². The molecule has 4 heterocycles. The van der Waals surface area contributed by atoms with Crippen LogP contribution < -0.4 is 37.9 Å². The zero-order valence-corrected chi connectivity index (χ0v) is 23.8. The van der Waals surface area contributed by atoms with Gasteiger partial charge in [-0.3, -0.25) is 14.5 Å². The predicted molar refractivity (Wildman–Crippen MR) is 148 cm³/mol. The van der Waals surface area contributed by atoms with Crippen LogP contribution in [0.4, 0.5) is 22.5 Å². The van der Waals surface area contributed by atoms with Crippen molar-refractivity contribution >= 4 is 86.8 Å². The Balaban J connectivity index is 1.52. The number of hydrogen-bond donors (Lipinski definition) is 6. The highest BCUT2D eigenvalue weighted by Gasteiger charge is 2.53. The molecule has 0 spiro atoms. The number of nitrogens with one attached hydrogen (secondary N) is 1. The number of aromatic nitrogens is 3. The number of thiazole rings is 1. The second-order valence-electron chi connectivity index (χ2n) is 8.62. The van der Waals surface area contributed by atoms with Crippen molar-refractivity contribution in [1.29, 1.82) is 0 Å². The molecule has 2 aromatic heterocycles. The van der Waals surface area contributed by atoms with Crippen LogP contribution in [-0.2, 0) is 31.1 Å². The van der Waals surface area contributed by atoms with Crippen molar-refractivity contribution in [3.63, 3.8) is 0 Å². The van der Waals surface area contributed by atoms with Gasteiger partial charge in [-0.2, -0.15) is 0 Å². The van der Waals surface area contributed by atoms with Gasteiger partial charge in [-0.1, -0.05) is 10.1 Å². The van der Waals surface area contributed by atoms with Crippen LogP contribution in [0.1, 0.15) is 12.6 Å². The fraction of sp³-hybridized carbons (Fsp3) is 0.333. The number of nitrogen functional groups attached to an aromatic ring is 4. The first-order valence-electron chi connectivity index (χ1n) is 11.5. The van der Waals surface area contributed by atoms with Crippen molar-refractivity contribution in [3.05, 3.63) is 22.3 Å². The van der Waals surface area contributed by atoms with Crippen LogP contribution in [0.25, 0.3) is 0 Å². The Morgan fingerprint density at radius 1 is 1.34 bits per heavy atom. The van der Waals surface area contributed by atoms with Crippen LogP contribution in [0.15, 0.2) is 27.0 Å². The van der Waals surface area contributed by atoms with E-state index < -0.39 is 47.0 Å². The molecule has 1 saturated heterocycles. The molecule has 10 N–H and O–H groups in total. The number of nitrogens with two attached hydrogens (primary N) is 4. The number of carboxylic acids is 2. The first-order valence-corrected chi connectivity index (χ1v) is 14.4. The molecule has 17 nitrogen and oxygen atoms in total. The first kappa shape index (κ1) is 29.7. The van der Waals surface area contributed by atoms with E-state index in [2.05, 4.69) is 20.4 Å². The molecule has 4 rings (SSSR count). The number of fused-ring (bicyclic) bond motifs is 1. The third-order valence-electron chi connectivity index (χ3n) is 5.95. The van der Waals surface area contributed by atoms with Crippen LogP contribution in [0.3, 0.4) is 0 Å². The second kappa shape index (κ2) is 11.7. The number of rotatable bonds is 10. The maximum absolute atomic E-state index is 13.1. The molecular formula is C21H24N10O7S3. The van der Waals surface area contributed by atoms with Gasteiger partial charge >= 0.3 is 11.1 Å². The fourth-order valence-electron chi connectivity index (χ4n) is 3.70. The molecule has 20 heteroatoms. The van der Waals surface area contributed by atoms with Gasteiger partial charge in [0.2, 0.25) is 17.7 Å². The predicted octanol–water partition coefficient (Wildman–Crippen LogP) is -2.92. The summed E-state index contributed by atoms with van der Waals surface area (Å²) in [6, 6.07) is -1.12. The van der Waals surface area contributed by atoms with Gasteiger partial charge in [-0.05, 0) is 24.3 Å². The van der Waals surface area contributed by atoms with Crippen LogP contribution in [-0.4, -0.2) is 78.5 Å². The molecule has 0 bridgehead atoms. The molecule has 1 fully saturated rings. The minimum atomic E-state index is -1.56. The van der Waals surface area contributed by atoms with Gasteiger partial charge < -0.3 is 48.1 Å². The van der Waals surface area contributed by atoms with Gasteiger partial charge in [-0.15, -0.1) is 23.1 Å². The molecule has 2 aliphatic rings. The van der Waals surface area contributed by atoms with E-state index in [0.29, 0.717) is 10.7 Å². The standard InChI is InChI=1S/C21H24N10O7S3/c1-6(18(34)35)38-29-10(8-5-40-20(25)26-8)15(32)27-11-16(33)31-12(19(36)37)7(3-39-17(11)31)4-41-21-28-13(23)9(22)14(24)30(21)2/h5-6,11,17H,3-4H2,1-2H3,(H10,22,23,24,25,26,27,29,32,34,35,36,37)/t6-,11?,17?/m1/s1. The third-order valence-corrected chi connectivity index (χ3v) is 9.08. The summed E-state index contributed by atoms with van der Waals surface area (Å²) in [4.78, 5) is 63.5. The lowest BCUT2D eigenvalue weighted by atomic mass is 10.0. The first-order chi connectivity index (χ1) is 19.3. The normalized spacial score (nSPS) is 19.3. The molecule has 0 radical (unpaired) electrons. The van der Waals surface area contributed by atoms with Gasteiger partial charge in [0.1, 0.15) is 17.1 Å². The largest absolute Gasteiger partial charge is 0.543 e. The average molecular weight is 625 g/mol. The highest BCUT2D eigenvalue weighted by Crippen LogP contribution is 2.41. The maximum atomic E-state index is 13.1. The smallest absolute Gasteiger partial charge is 0.347 e. The zero-order chi connectivity index (χ0) is 30.2. The number of carbonyl (C=O) groups is 4. The summed E-state index contributed by atoms with van der Waals surface area (Å²) >= 11 is 3.38. The topological polar surface area (TPSA) is 282 Å². The van der Waals surface area contributed by atoms with E-state index in [1.165, 1.54) is 28.6 Å². The Hall–Kier alpha value is -4.30. The molecule has 0 aromatic carbocycles. The van der Waals surface area contributed by atoms with Crippen molar-refractivity contribution in [1.82, 2.24) is 20.2 Å². The molecule has 2 amide bonds. The molecule has 2 aromatic rings. The van der Waals surface area contributed by atoms with E-state index >= 15 is 0 Å². The van der Waals surface area contributed by atoms with E-state index in [1.54, 1.807) is 7.05 Å². The summed E-state index contributed by atoms with van der Waals surface area (Å²) in [5.74, 6) is -3.94. The molecule has 0 saturated carbocycles. The number of thioether (sulfide) groups is 2. The second-order valence-corrected chi connectivity index (χ2v) is 11.6. The number of β-lactam (4-membered cyclic amide) rings is 1. The van der Waals surface area contributed by atoms with Crippen LogP contribution in [0.5, 0.6) is 0 Å². The van der Waals surface area contributed by atoms with Gasteiger partial charge in [0.05, 0.1) is 18.7 Å². The van der Waals surface area contributed by atoms with Gasteiger partial charge in [0.15, 0.2) is 16.5 Å². The van der Waals surface area contributed by atoms with Crippen molar-refractivity contribution in [2.45, 2.75) is 29.6 Å². The van der Waals surface area contributed by atoms with Crippen LogP contribution in [0.2, 0.25) is 0 Å². The Bertz CT molecular complexity index is 1510. The molecule has 218 valence electrons. The fourth-order valence-corrected chi connectivity index (χ4v) is 6.72. The zero-order valence-electron chi connectivity index (χ0n) is 21.4. The summed E-state index contributed by atoms with van der Waals surface area (Å²) in [5.41, 5.74) is 23.0. The van der Waals surface area contributed by atoms with E-state index in [1.807, 2.05) is 0 Å². The minimum Gasteiger partial charge on any atom is -0.543 e. The van der Waals surface area contributed by atoms with E-state index in [-0.39, 0.29) is 45.4 Å². The summed E-state index contributed by atoms with van der Waals surface area (Å²) in [5, 5.41) is 28.4. The Morgan fingerprint density at radius 2 is 2.05 bits per heavy atom. The monoisotopic (exact) mass is 624 g/mol. The average Bonchev–Trinajstić information content (AvgIpc) is 3.36. The van der Waals surface area contributed by atoms with Crippen LogP contribution in [0, 0.1) is 0 Å². The number of nitrogens with zero attached hydrogens (tertiary/aromatic N) is 5. The number of aliphatic carboxylic acids is 2. The van der Waals surface area contributed by atoms with Crippen LogP contribution >= 0.6 is 34.9 Å². The molecule has 41 heavy (non-hydrogen) atoms. The van der Waals surface area contributed by atoms with Crippen molar-refractivity contribution in [2.24, 2.45) is 12.2 Å². The van der Waals surface area contributed by atoms with Gasteiger partial charge in [0.25, 0.3) is 11.8 Å². The number of amides is 2. The minimum absolute atomic E-state index is 0.00265. The Kier molecular flexibility index (Phi) is 8.44. The highest BCUT2D eigenvalue weighted by molar-refractivity contribution is 8.01. The SMILES string of the molecule is C[C@@H](O/N=C(\C(=O)NC1C(=O)N2C(C(=O)[O-])=C(CSc3nc(N)c(N)c(N)[n+]3C)CSC12)c1csc(N)n1)C(=O)O. The quantitative estimate of drug-likeness (QED) is 0.0385. The Morgan fingerprint density at radius 3 is 2.66 bits per heavy atom. The van der Waals surface area contributed by atoms with Gasteiger partial charge in [-0.25, -0.2) is 14.3 Å². The van der Waals surface area contributed by atoms with Crippen molar-refractivity contribution in [3.8, 4) is 0 Å². The lowest BCUT2D eigenvalue weighted by Gasteiger charge is -2.50. The van der Waals surface area contributed by atoms with Crippen molar-refractivity contribution < 1.29 is 38.8 Å². The van der Waals surface area contributed by atoms with E-state index in [4.69, 9.17) is 32.9 Å². The summed E-state index contributed by atoms with van der Waals surface area (Å²) in [6.45, 7) is 1.21. The molecule has 3 atom stereocenters. The highest BCUT2D eigenvalue weighted by atomic mass is 32.2. The van der Waals surface area contributed by atoms with E-state index in [0.717, 1.165) is 28.0 Å². The number of carboxylic acid groups (broad SMARTS) is 2. The molecule has 2 aliphatic heterocycles. The lowest BCUT2D eigenvalue weighted by molar-refractivity contribution is -0.698. The molecule has 0 aliphatic carbocycles. The number of hydrogen-bond acceptors (Lipinski definition) is 16. The third kappa shape index (κ3) is 5.79. The summed E-state index contributed by atoms with van der Waals surface area (Å²) < 4.78 is 1.50. The summed E-state index contributed by atoms with van der Waals surface area (Å²) in [6.07, 6.45) is -1.38. The number of oxime groups is 1. The molecular weight excluding hydrogens is 600 g/mol. The summed E-state index contributed by atoms with van der Waals surface area (Å²) in [7, 11) is 1.62.